The number of carboxylic acid groups (broad SMARTS) is 1. The van der Waals surface area contributed by atoms with Crippen LogP contribution in [0.1, 0.15) is 5.56 Å². The molecule has 0 aliphatic heterocycles. The van der Waals surface area contributed by atoms with E-state index in [2.05, 4.69) is 9.44 Å². The molecule has 3 aromatic rings. The van der Waals surface area contributed by atoms with Gasteiger partial charge in [0, 0.05) is 10.6 Å². The van der Waals surface area contributed by atoms with Crippen LogP contribution in [0.5, 0.6) is 5.06 Å². The van der Waals surface area contributed by atoms with Crippen molar-refractivity contribution in [1.29, 1.82) is 0 Å². The summed E-state index contributed by atoms with van der Waals surface area (Å²) in [5, 5.41) is 8.88. The van der Waals surface area contributed by atoms with Crippen molar-refractivity contribution in [2.45, 2.75) is 11.8 Å². The van der Waals surface area contributed by atoms with Crippen LogP contribution in [0.3, 0.4) is 0 Å². The van der Waals surface area contributed by atoms with Gasteiger partial charge in [0.1, 0.15) is 5.69 Å². The highest BCUT2D eigenvalue weighted by Gasteiger charge is 2.22. The molecule has 2 aromatic carbocycles. The molecule has 0 saturated heterocycles. The van der Waals surface area contributed by atoms with Crippen LogP contribution in [0.2, 0.25) is 0 Å². The highest BCUT2D eigenvalue weighted by Crippen LogP contribution is 2.42. The van der Waals surface area contributed by atoms with E-state index in [0.29, 0.717) is 21.7 Å². The molecule has 0 atom stereocenters. The first-order valence-corrected chi connectivity index (χ1v) is 12.8. The molecular formula is C19H18N2O7S3. The number of thiophene rings is 1. The molecule has 1 aromatic heterocycles. The highest BCUT2D eigenvalue weighted by molar-refractivity contribution is 7.92. The molecule has 0 radical (unpaired) electrons. The Balaban J connectivity index is 1.96. The van der Waals surface area contributed by atoms with E-state index >= 15 is 0 Å². The maximum absolute atomic E-state index is 12.8. The van der Waals surface area contributed by atoms with Crippen molar-refractivity contribution in [1.82, 2.24) is 0 Å². The maximum Gasteiger partial charge on any atom is 0.512 e. The summed E-state index contributed by atoms with van der Waals surface area (Å²) < 4.78 is 57.8. The molecule has 0 bridgehead atoms. The van der Waals surface area contributed by atoms with Gasteiger partial charge in [-0.25, -0.2) is 21.6 Å². The van der Waals surface area contributed by atoms with Crippen LogP contribution in [0.25, 0.3) is 10.4 Å². The van der Waals surface area contributed by atoms with Crippen molar-refractivity contribution in [3.05, 3.63) is 60.2 Å². The summed E-state index contributed by atoms with van der Waals surface area (Å²) in [6.45, 7) is 1.65. The number of sulfonamides is 2. The third kappa shape index (κ3) is 5.75. The molecule has 0 aliphatic rings. The molecule has 164 valence electrons. The normalized spacial score (nSPS) is 11.7. The van der Waals surface area contributed by atoms with E-state index in [1.54, 1.807) is 37.3 Å². The Hall–Kier alpha value is -3.09. The number of aryl methyl sites for hydroxylation is 1. The number of nitrogens with one attached hydrogen (secondary N) is 2. The van der Waals surface area contributed by atoms with Gasteiger partial charge in [-0.05, 0) is 42.3 Å². The van der Waals surface area contributed by atoms with Gasteiger partial charge >= 0.3 is 6.16 Å². The number of anilines is 2. The van der Waals surface area contributed by atoms with E-state index in [9.17, 15) is 21.6 Å². The lowest BCUT2D eigenvalue weighted by atomic mass is 10.2. The predicted molar refractivity (Wildman–Crippen MR) is 119 cm³/mol. The largest absolute Gasteiger partial charge is 0.512 e. The van der Waals surface area contributed by atoms with Crippen LogP contribution in [-0.4, -0.2) is 34.4 Å². The van der Waals surface area contributed by atoms with Gasteiger partial charge in [-0.1, -0.05) is 41.7 Å². The molecule has 3 rings (SSSR count). The first kappa shape index (κ1) is 22.6. The lowest BCUT2D eigenvalue weighted by Gasteiger charge is -2.10. The molecule has 0 spiro atoms. The van der Waals surface area contributed by atoms with E-state index in [1.807, 2.05) is 0 Å². The first-order chi connectivity index (χ1) is 14.4. The summed E-state index contributed by atoms with van der Waals surface area (Å²) in [5.74, 6) is 0. The fraction of sp³-hybridized carbons (Fsp3) is 0.105. The van der Waals surface area contributed by atoms with E-state index in [0.717, 1.165) is 17.6 Å². The van der Waals surface area contributed by atoms with E-state index in [4.69, 9.17) is 9.84 Å². The van der Waals surface area contributed by atoms with Gasteiger partial charge in [0.15, 0.2) is 0 Å². The molecule has 31 heavy (non-hydrogen) atoms. The van der Waals surface area contributed by atoms with Gasteiger partial charge in [-0.2, -0.15) is 0 Å². The zero-order valence-electron chi connectivity index (χ0n) is 16.3. The second kappa shape index (κ2) is 8.57. The number of rotatable bonds is 7. The molecule has 0 unspecified atom stereocenters. The van der Waals surface area contributed by atoms with Crippen LogP contribution in [0.15, 0.2) is 59.5 Å². The van der Waals surface area contributed by atoms with Crippen molar-refractivity contribution < 1.29 is 31.5 Å². The minimum atomic E-state index is -3.99. The molecule has 0 aliphatic carbocycles. The summed E-state index contributed by atoms with van der Waals surface area (Å²) in [6.07, 6.45) is -0.555. The topological polar surface area (TPSA) is 139 Å². The van der Waals surface area contributed by atoms with Crippen LogP contribution >= 0.6 is 11.3 Å². The molecule has 3 N–H and O–H groups in total. The van der Waals surface area contributed by atoms with Gasteiger partial charge in [0.05, 0.1) is 11.2 Å². The summed E-state index contributed by atoms with van der Waals surface area (Å²) in [6, 6.07) is 14.1. The third-order valence-corrected chi connectivity index (χ3v) is 7.17. The van der Waals surface area contributed by atoms with Crippen LogP contribution in [-0.2, 0) is 20.0 Å². The molecular weight excluding hydrogens is 464 g/mol. The standard InChI is InChI=1S/C19H18N2O7S3/c1-12-5-3-4-6-17(12)31(26,27)21-15-11-16(29-18(15)28-19(22)23)13-7-9-14(10-8-13)20-30(2,24)25/h3-11,20-21H,1-2H3,(H,22,23). The quantitative estimate of drug-likeness (QED) is 0.433. The van der Waals surface area contributed by atoms with Crippen molar-refractivity contribution in [3.63, 3.8) is 0 Å². The highest BCUT2D eigenvalue weighted by atomic mass is 32.2. The van der Waals surface area contributed by atoms with Crippen molar-refractivity contribution in [2.75, 3.05) is 15.7 Å². The molecule has 0 fully saturated rings. The Morgan fingerprint density at radius 1 is 1.00 bits per heavy atom. The Morgan fingerprint density at radius 3 is 2.23 bits per heavy atom. The zero-order chi connectivity index (χ0) is 22.8. The minimum Gasteiger partial charge on any atom is -0.449 e. The maximum atomic E-state index is 12.8. The Labute approximate surface area is 183 Å². The van der Waals surface area contributed by atoms with Gasteiger partial charge in [0.2, 0.25) is 15.1 Å². The molecule has 9 nitrogen and oxygen atoms in total. The molecule has 0 saturated carbocycles. The summed E-state index contributed by atoms with van der Waals surface area (Å²) in [4.78, 5) is 11.6. The zero-order valence-corrected chi connectivity index (χ0v) is 18.8. The second-order valence-electron chi connectivity index (χ2n) is 6.50. The lowest BCUT2D eigenvalue weighted by molar-refractivity contribution is 0.146. The summed E-state index contributed by atoms with van der Waals surface area (Å²) >= 11 is 0.931. The van der Waals surface area contributed by atoms with Crippen LogP contribution in [0.4, 0.5) is 16.2 Å². The van der Waals surface area contributed by atoms with E-state index in [-0.39, 0.29) is 15.6 Å². The number of hydrogen-bond donors (Lipinski definition) is 3. The third-order valence-electron chi connectivity index (χ3n) is 3.98. The van der Waals surface area contributed by atoms with E-state index < -0.39 is 26.2 Å². The average Bonchev–Trinajstić information content (AvgIpc) is 3.02. The fourth-order valence-corrected chi connectivity index (χ4v) is 5.61. The van der Waals surface area contributed by atoms with Crippen molar-refractivity contribution in [2.24, 2.45) is 0 Å². The SMILES string of the molecule is Cc1ccccc1S(=O)(=O)Nc1cc(-c2ccc(NS(C)(=O)=O)cc2)sc1OC(=O)O. The average molecular weight is 483 g/mol. The summed E-state index contributed by atoms with van der Waals surface area (Å²) in [7, 11) is -7.42. The Bertz CT molecular complexity index is 1330. The fourth-order valence-electron chi connectivity index (χ4n) is 2.72. The molecule has 12 heteroatoms. The smallest absolute Gasteiger partial charge is 0.449 e. The van der Waals surface area contributed by atoms with Gasteiger partial charge < -0.3 is 9.84 Å². The summed E-state index contributed by atoms with van der Waals surface area (Å²) in [5.41, 5.74) is 1.47. The minimum absolute atomic E-state index is 0.0241. The number of hydrogen-bond acceptors (Lipinski definition) is 7. The Kier molecular flexibility index (Phi) is 6.25. The van der Waals surface area contributed by atoms with Crippen molar-refractivity contribution >= 4 is 48.9 Å². The number of carbonyl (C=O) groups is 1. The van der Waals surface area contributed by atoms with Crippen LogP contribution < -0.4 is 14.2 Å². The van der Waals surface area contributed by atoms with Crippen molar-refractivity contribution in [3.8, 4) is 15.5 Å². The monoisotopic (exact) mass is 482 g/mol. The number of ether oxygens (including phenoxy) is 1. The van der Waals surface area contributed by atoms with Gasteiger partial charge in [0.25, 0.3) is 10.0 Å². The Morgan fingerprint density at radius 2 is 1.65 bits per heavy atom. The first-order valence-electron chi connectivity index (χ1n) is 8.66. The molecule has 1 heterocycles. The number of benzene rings is 2. The lowest BCUT2D eigenvalue weighted by Crippen LogP contribution is -2.15. The van der Waals surface area contributed by atoms with Gasteiger partial charge in [-0.3, -0.25) is 9.44 Å². The molecule has 0 amide bonds. The van der Waals surface area contributed by atoms with Crippen LogP contribution in [0, 0.1) is 6.92 Å². The second-order valence-corrected chi connectivity index (χ2v) is 10.9. The predicted octanol–water partition coefficient (Wildman–Crippen LogP) is 3.95. The van der Waals surface area contributed by atoms with E-state index in [1.165, 1.54) is 24.3 Å². The van der Waals surface area contributed by atoms with Gasteiger partial charge in [-0.15, -0.1) is 0 Å².